The van der Waals surface area contributed by atoms with Gasteiger partial charge in [0.15, 0.2) is 22.6 Å². The molecular formula is C78H70Br4ClN25. The number of nitrogens with two attached hydrogens (primary N) is 1. The molecule has 25 nitrogen and oxygen atoms in total. The Balaban J connectivity index is 0.000000121. The first-order valence-corrected chi connectivity index (χ1v) is 37.9. The minimum atomic E-state index is 0.247. The van der Waals surface area contributed by atoms with E-state index in [-0.39, 0.29) is 5.95 Å². The van der Waals surface area contributed by atoms with Gasteiger partial charge in [-0.15, -0.1) is 0 Å². The van der Waals surface area contributed by atoms with Crippen LogP contribution in [0.15, 0.2) is 250 Å². The number of nitrogens with zero attached hydrogens (tertiary/aromatic N) is 19. The van der Waals surface area contributed by atoms with E-state index in [1.54, 1.807) is 50.7 Å². The van der Waals surface area contributed by atoms with Gasteiger partial charge in [0, 0.05) is 149 Å². The third-order valence-electron chi connectivity index (χ3n) is 17.3. The highest BCUT2D eigenvalue weighted by atomic mass is 79.9. The maximum absolute atomic E-state index is 6.34. The van der Waals surface area contributed by atoms with Crippen molar-refractivity contribution < 1.29 is 0 Å². The molecule has 12 aromatic heterocycles. The van der Waals surface area contributed by atoms with Gasteiger partial charge in [-0.05, 0) is 118 Å². The topological polar surface area (TPSA) is 278 Å². The Morgan fingerprint density at radius 3 is 1.16 bits per heavy atom. The van der Waals surface area contributed by atoms with Crippen LogP contribution in [0.3, 0.4) is 0 Å². The lowest BCUT2D eigenvalue weighted by Crippen LogP contribution is -2.18. The molecule has 7 N–H and O–H groups in total. The molecule has 16 aromatic rings. The van der Waals surface area contributed by atoms with Gasteiger partial charge in [-0.25, -0.2) is 44.9 Å². The SMILES string of the molecule is Brc1cnn2c(NCc3ccc(N4CCCC4)nc3)cc(-c3ccccc3)nc12.CN(C)c1ccc(CNc2cc(-c3ccccc3)nc3c(Br)cnn23)cn1.CNc1ccc(CNc2cc(-c3ccccc3)nc3c(Br)cnn23)cn1.Nc1ncc(CNc2cc(-c3ccccc3Cl)nc3c(Br)cnn23)cn1. The normalized spacial score (nSPS) is 11.7. The molecule has 13 heterocycles. The molecule has 0 spiro atoms. The zero-order valence-corrected chi connectivity index (χ0v) is 65.7. The van der Waals surface area contributed by atoms with Crippen LogP contribution in [-0.4, -0.2) is 118 Å². The number of halogens is 5. The molecule has 0 radical (unpaired) electrons. The fourth-order valence-corrected chi connectivity index (χ4v) is 13.3. The molecule has 4 aromatic carbocycles. The van der Waals surface area contributed by atoms with Gasteiger partial charge in [0.25, 0.3) is 0 Å². The summed E-state index contributed by atoms with van der Waals surface area (Å²) < 4.78 is 10.5. The van der Waals surface area contributed by atoms with Gasteiger partial charge in [-0.2, -0.15) is 38.5 Å². The summed E-state index contributed by atoms with van der Waals surface area (Å²) in [4.78, 5) is 44.7. The summed E-state index contributed by atoms with van der Waals surface area (Å²) in [7, 11) is 5.82. The number of benzene rings is 4. The Bertz CT molecular complexity index is 5690. The molecule has 0 atom stereocenters. The second-order valence-electron chi connectivity index (χ2n) is 24.9. The predicted molar refractivity (Wildman–Crippen MR) is 443 cm³/mol. The first-order chi connectivity index (χ1) is 52.7. The highest BCUT2D eigenvalue weighted by Crippen LogP contribution is 2.33. The summed E-state index contributed by atoms with van der Waals surface area (Å²) in [5, 5.41) is 35.1. The van der Waals surface area contributed by atoms with Crippen LogP contribution in [0.5, 0.6) is 0 Å². The van der Waals surface area contributed by atoms with Crippen LogP contribution < -0.4 is 42.1 Å². The van der Waals surface area contributed by atoms with Crippen LogP contribution in [-0.2, 0) is 26.2 Å². The number of anilines is 8. The summed E-state index contributed by atoms with van der Waals surface area (Å²) in [5.41, 5.74) is 20.3. The molecule has 0 unspecified atom stereocenters. The van der Waals surface area contributed by atoms with E-state index in [9.17, 15) is 0 Å². The molecule has 0 saturated carbocycles. The zero-order valence-electron chi connectivity index (χ0n) is 58.6. The number of hydrogen-bond donors (Lipinski definition) is 6. The molecule has 1 aliphatic rings. The quantitative estimate of drug-likeness (QED) is 0.0439. The fraction of sp³-hybridized carbons (Fsp3) is 0.141. The summed E-state index contributed by atoms with van der Waals surface area (Å²) in [6.07, 6.45) is 18.6. The summed E-state index contributed by atoms with van der Waals surface area (Å²) >= 11 is 20.5. The molecule has 30 heteroatoms. The zero-order chi connectivity index (χ0) is 74.5. The van der Waals surface area contributed by atoms with E-state index in [4.69, 9.17) is 32.3 Å². The van der Waals surface area contributed by atoms with Gasteiger partial charge in [0.05, 0.1) is 65.5 Å². The molecule has 1 saturated heterocycles. The summed E-state index contributed by atoms with van der Waals surface area (Å²) in [5.74, 6) is 6.51. The molecular weight excluding hydrogens is 1640 g/mol. The van der Waals surface area contributed by atoms with Crippen LogP contribution in [0, 0.1) is 0 Å². The predicted octanol–water partition coefficient (Wildman–Crippen LogP) is 17.0. The molecule has 1 fully saturated rings. The van der Waals surface area contributed by atoms with E-state index in [1.165, 1.54) is 12.8 Å². The first kappa shape index (κ1) is 73.4. The van der Waals surface area contributed by atoms with E-state index in [2.05, 4.69) is 188 Å². The van der Waals surface area contributed by atoms with E-state index >= 15 is 0 Å². The van der Waals surface area contributed by atoms with Crippen molar-refractivity contribution in [1.82, 2.24) is 83.3 Å². The average Bonchev–Trinajstić information content (AvgIpc) is 1.70. The van der Waals surface area contributed by atoms with Crippen LogP contribution >= 0.6 is 75.3 Å². The number of pyridine rings is 3. The Hall–Kier alpha value is -11.5. The Morgan fingerprint density at radius 2 is 0.778 bits per heavy atom. The Morgan fingerprint density at radius 1 is 0.407 bits per heavy atom. The van der Waals surface area contributed by atoms with E-state index < -0.39 is 0 Å². The second-order valence-corrected chi connectivity index (χ2v) is 28.7. The largest absolute Gasteiger partial charge is 0.373 e. The number of fused-ring (bicyclic) bond motifs is 4. The number of hydrogen-bond acceptors (Lipinski definition) is 21. The fourth-order valence-electron chi connectivity index (χ4n) is 11.7. The van der Waals surface area contributed by atoms with Gasteiger partial charge in [0.2, 0.25) is 5.95 Å². The maximum Gasteiger partial charge on any atom is 0.219 e. The van der Waals surface area contributed by atoms with E-state index in [0.29, 0.717) is 36.8 Å². The molecule has 108 heavy (non-hydrogen) atoms. The minimum Gasteiger partial charge on any atom is -0.373 e. The third-order valence-corrected chi connectivity index (χ3v) is 19.8. The summed E-state index contributed by atoms with van der Waals surface area (Å²) in [6, 6.07) is 58.3. The lowest BCUT2D eigenvalue weighted by Gasteiger charge is -2.16. The van der Waals surface area contributed by atoms with Crippen LogP contribution in [0.2, 0.25) is 5.02 Å². The molecule has 542 valence electrons. The van der Waals surface area contributed by atoms with Gasteiger partial charge in [-0.1, -0.05) is 139 Å². The number of nitrogens with one attached hydrogen (secondary N) is 5. The van der Waals surface area contributed by atoms with E-state index in [1.807, 2.05) is 183 Å². The van der Waals surface area contributed by atoms with Gasteiger partial charge < -0.3 is 42.1 Å². The van der Waals surface area contributed by atoms with Crippen LogP contribution in [0.25, 0.3) is 67.6 Å². The van der Waals surface area contributed by atoms with Gasteiger partial charge in [-0.3, -0.25) is 0 Å². The van der Waals surface area contributed by atoms with Crippen molar-refractivity contribution in [1.29, 1.82) is 0 Å². The van der Waals surface area contributed by atoms with Crippen molar-refractivity contribution in [3.63, 3.8) is 0 Å². The van der Waals surface area contributed by atoms with Crippen molar-refractivity contribution in [3.8, 4) is 45.0 Å². The number of rotatable bonds is 19. The smallest absolute Gasteiger partial charge is 0.219 e. The average molecular weight is 1710 g/mol. The van der Waals surface area contributed by atoms with Crippen LogP contribution in [0.4, 0.5) is 46.7 Å². The van der Waals surface area contributed by atoms with E-state index in [0.717, 1.165) is 156 Å². The standard InChI is InChI=1S/C22H21BrN6.C20H19BrN6.C19H17BrN6.C17H13BrClN7/c23-18-15-26-29-21(12-19(27-22(18)29)17-6-2-1-3-7-17)25-14-16-8-9-20(24-13-16)28-10-4-5-11-28;1-26(2)18-9-8-14(11-22-18)12-23-19-10-17(15-6-4-3-5-7-15)25-20-16(21)13-24-27(19)20;1-21-17-8-7-13(10-22-17)11-23-18-9-16(14-5-3-2-4-6-14)25-19-15(20)12-24-26(18)19;18-12-9-24-26-15(21-6-10-7-22-17(20)23-8-10)5-14(25-16(12)26)11-3-1-2-4-13(11)19/h1-3,6-9,12-13,15,25H,4-5,10-11,14H2;3-11,13,23H,12H2,1-2H3;2-10,12,23H,11H2,1H3,(H,21,22);1-5,7-9,21H,6H2,(H2,20,22,23). The molecule has 1 aliphatic heterocycles. The maximum atomic E-state index is 6.34. The van der Waals surface area contributed by atoms with Crippen molar-refractivity contribution in [2.24, 2.45) is 0 Å². The first-order valence-electron chi connectivity index (χ1n) is 34.3. The van der Waals surface area contributed by atoms with Crippen molar-refractivity contribution >= 4 is 145 Å². The monoisotopic (exact) mass is 1710 g/mol. The number of nitrogen functional groups attached to an aromatic ring is 1. The molecule has 0 amide bonds. The third kappa shape index (κ3) is 17.6. The molecule has 17 rings (SSSR count). The lowest BCUT2D eigenvalue weighted by molar-refractivity contribution is 0.917. The highest BCUT2D eigenvalue weighted by molar-refractivity contribution is 9.11. The lowest BCUT2D eigenvalue weighted by atomic mass is 10.1. The number of aromatic nitrogens is 17. The van der Waals surface area contributed by atoms with Crippen molar-refractivity contribution in [3.05, 3.63) is 277 Å². The van der Waals surface area contributed by atoms with Crippen molar-refractivity contribution in [2.75, 3.05) is 76.3 Å². The van der Waals surface area contributed by atoms with Crippen molar-refractivity contribution in [2.45, 2.75) is 39.0 Å². The Labute approximate surface area is 660 Å². The Kier molecular flexibility index (Phi) is 23.4. The molecule has 0 aliphatic carbocycles. The molecule has 0 bridgehead atoms. The second kappa shape index (κ2) is 34.4. The summed E-state index contributed by atoms with van der Waals surface area (Å²) in [6.45, 7) is 4.68. The van der Waals surface area contributed by atoms with Crippen LogP contribution in [0.1, 0.15) is 35.1 Å². The minimum absolute atomic E-state index is 0.247. The van der Waals surface area contributed by atoms with Gasteiger partial charge in [0.1, 0.15) is 40.7 Å². The van der Waals surface area contributed by atoms with Gasteiger partial charge >= 0.3 is 0 Å². The highest BCUT2D eigenvalue weighted by Gasteiger charge is 2.19.